The van der Waals surface area contributed by atoms with Crippen molar-refractivity contribution in [2.75, 3.05) is 39.5 Å². The maximum Gasteiger partial charge on any atom is 0.223 e. The molecule has 1 saturated carbocycles. The SMILES string of the molecule is CCNC(=NCCCOCC1CCOC1)NC1CCCC(C(=O)NC(C)C)C1.I. The minimum absolute atomic E-state index is 0. The highest BCUT2D eigenvalue weighted by Crippen LogP contribution is 2.24. The Morgan fingerprint density at radius 3 is 2.79 bits per heavy atom. The van der Waals surface area contributed by atoms with Gasteiger partial charge in [0.2, 0.25) is 5.91 Å². The lowest BCUT2D eigenvalue weighted by molar-refractivity contribution is -0.126. The van der Waals surface area contributed by atoms with Gasteiger partial charge in [-0.3, -0.25) is 9.79 Å². The molecule has 0 aromatic rings. The van der Waals surface area contributed by atoms with E-state index in [2.05, 4.69) is 27.9 Å². The first-order chi connectivity index (χ1) is 13.6. The highest BCUT2D eigenvalue weighted by molar-refractivity contribution is 14.0. The van der Waals surface area contributed by atoms with Gasteiger partial charge in [-0.15, -0.1) is 24.0 Å². The average Bonchev–Trinajstić information content (AvgIpc) is 3.18. The molecule has 29 heavy (non-hydrogen) atoms. The van der Waals surface area contributed by atoms with Gasteiger partial charge < -0.3 is 25.4 Å². The van der Waals surface area contributed by atoms with Gasteiger partial charge in [-0.1, -0.05) is 6.42 Å². The number of amides is 1. The lowest BCUT2D eigenvalue weighted by Gasteiger charge is -2.30. The van der Waals surface area contributed by atoms with E-state index in [-0.39, 0.29) is 41.8 Å². The molecule has 2 fully saturated rings. The van der Waals surface area contributed by atoms with E-state index in [0.717, 1.165) is 84.0 Å². The Bertz CT molecular complexity index is 485. The Hall–Kier alpha value is -0.610. The fraction of sp³-hybridized carbons (Fsp3) is 0.905. The smallest absolute Gasteiger partial charge is 0.223 e. The van der Waals surface area contributed by atoms with E-state index in [9.17, 15) is 4.79 Å². The molecule has 0 bridgehead atoms. The topological polar surface area (TPSA) is 84.0 Å². The minimum atomic E-state index is 0. The Morgan fingerprint density at radius 2 is 2.10 bits per heavy atom. The van der Waals surface area contributed by atoms with Crippen LogP contribution in [0.5, 0.6) is 0 Å². The number of carbonyl (C=O) groups is 1. The molecule has 170 valence electrons. The predicted molar refractivity (Wildman–Crippen MR) is 128 cm³/mol. The summed E-state index contributed by atoms with van der Waals surface area (Å²) in [6.45, 7) is 10.9. The number of carbonyl (C=O) groups excluding carboxylic acids is 1. The summed E-state index contributed by atoms with van der Waals surface area (Å²) in [7, 11) is 0. The van der Waals surface area contributed by atoms with Gasteiger partial charge in [-0.2, -0.15) is 0 Å². The van der Waals surface area contributed by atoms with Gasteiger partial charge in [0.25, 0.3) is 0 Å². The Labute approximate surface area is 193 Å². The molecule has 0 spiro atoms. The summed E-state index contributed by atoms with van der Waals surface area (Å²) in [6.07, 6.45) is 6.04. The molecule has 7 nitrogen and oxygen atoms in total. The monoisotopic (exact) mass is 524 g/mol. The molecule has 1 aliphatic carbocycles. The summed E-state index contributed by atoms with van der Waals surface area (Å²) < 4.78 is 11.1. The Kier molecular flexibility index (Phi) is 13.9. The Morgan fingerprint density at radius 1 is 1.28 bits per heavy atom. The fourth-order valence-electron chi connectivity index (χ4n) is 3.80. The summed E-state index contributed by atoms with van der Waals surface area (Å²) in [5.41, 5.74) is 0. The maximum atomic E-state index is 12.3. The Balaban J connectivity index is 0.00000420. The second-order valence-corrected chi connectivity index (χ2v) is 8.29. The number of guanidine groups is 1. The van der Waals surface area contributed by atoms with Crippen molar-refractivity contribution in [2.45, 2.75) is 71.4 Å². The van der Waals surface area contributed by atoms with Gasteiger partial charge >= 0.3 is 0 Å². The van der Waals surface area contributed by atoms with E-state index in [1.807, 2.05) is 13.8 Å². The van der Waals surface area contributed by atoms with Crippen LogP contribution in [-0.4, -0.2) is 63.5 Å². The van der Waals surface area contributed by atoms with E-state index in [1.165, 1.54) is 0 Å². The van der Waals surface area contributed by atoms with Gasteiger partial charge in [0.15, 0.2) is 5.96 Å². The van der Waals surface area contributed by atoms with Crippen molar-refractivity contribution in [3.8, 4) is 0 Å². The van der Waals surface area contributed by atoms with Crippen molar-refractivity contribution in [3.05, 3.63) is 0 Å². The summed E-state index contributed by atoms with van der Waals surface area (Å²) in [5, 5.41) is 9.91. The van der Waals surface area contributed by atoms with E-state index >= 15 is 0 Å². The lowest BCUT2D eigenvalue weighted by Crippen LogP contribution is -2.47. The van der Waals surface area contributed by atoms with Crippen LogP contribution in [0.25, 0.3) is 0 Å². The first-order valence-corrected chi connectivity index (χ1v) is 11.1. The standard InChI is InChI=1S/C21H40N4O3.HI/c1-4-22-21(23-10-6-11-27-14-17-9-12-28-15-17)25-19-8-5-7-18(13-19)20(26)24-16(2)3;/h16-19H,4-15H2,1-3H3,(H,24,26)(H2,22,23,25);1H. The number of hydrogen-bond acceptors (Lipinski definition) is 4. The van der Waals surface area contributed by atoms with Crippen molar-refractivity contribution >= 4 is 35.8 Å². The molecule has 0 aromatic heterocycles. The van der Waals surface area contributed by atoms with Gasteiger partial charge in [0.05, 0.1) is 13.2 Å². The zero-order valence-corrected chi connectivity index (χ0v) is 20.7. The third-order valence-electron chi connectivity index (χ3n) is 5.26. The molecule has 1 amide bonds. The zero-order chi connectivity index (χ0) is 20.2. The summed E-state index contributed by atoms with van der Waals surface area (Å²) in [4.78, 5) is 17.0. The summed E-state index contributed by atoms with van der Waals surface area (Å²) in [6, 6.07) is 0.496. The number of ether oxygens (including phenoxy) is 2. The molecule has 1 saturated heterocycles. The molecule has 3 N–H and O–H groups in total. The van der Waals surface area contributed by atoms with E-state index < -0.39 is 0 Å². The summed E-state index contributed by atoms with van der Waals surface area (Å²) >= 11 is 0. The fourth-order valence-corrected chi connectivity index (χ4v) is 3.80. The highest BCUT2D eigenvalue weighted by atomic mass is 127. The molecule has 1 heterocycles. The number of halogens is 1. The first-order valence-electron chi connectivity index (χ1n) is 11.1. The van der Waals surface area contributed by atoms with Crippen LogP contribution < -0.4 is 16.0 Å². The van der Waals surface area contributed by atoms with E-state index in [4.69, 9.17) is 9.47 Å². The number of nitrogens with one attached hydrogen (secondary N) is 3. The number of hydrogen-bond donors (Lipinski definition) is 3. The molecular weight excluding hydrogens is 483 g/mol. The third kappa shape index (κ3) is 10.8. The second-order valence-electron chi connectivity index (χ2n) is 8.29. The van der Waals surface area contributed by atoms with Crippen molar-refractivity contribution < 1.29 is 14.3 Å². The van der Waals surface area contributed by atoms with Crippen LogP contribution in [0.2, 0.25) is 0 Å². The number of rotatable bonds is 10. The normalized spacial score (nSPS) is 24.8. The minimum Gasteiger partial charge on any atom is -0.381 e. The molecule has 0 radical (unpaired) electrons. The van der Waals surface area contributed by atoms with Gasteiger partial charge in [0.1, 0.15) is 0 Å². The maximum absolute atomic E-state index is 12.3. The van der Waals surface area contributed by atoms with Gasteiger partial charge in [-0.05, 0) is 52.9 Å². The molecule has 8 heteroatoms. The average molecular weight is 524 g/mol. The predicted octanol–water partition coefficient (Wildman–Crippen LogP) is 2.69. The van der Waals surface area contributed by atoms with Crippen LogP contribution in [0, 0.1) is 11.8 Å². The zero-order valence-electron chi connectivity index (χ0n) is 18.4. The van der Waals surface area contributed by atoms with Crippen LogP contribution in [0.3, 0.4) is 0 Å². The summed E-state index contributed by atoms with van der Waals surface area (Å²) in [5.74, 6) is 1.70. The number of nitrogens with zero attached hydrogens (tertiary/aromatic N) is 1. The van der Waals surface area contributed by atoms with Crippen LogP contribution in [0.15, 0.2) is 4.99 Å². The number of aliphatic imine (C=N–C) groups is 1. The third-order valence-corrected chi connectivity index (χ3v) is 5.26. The van der Waals surface area contributed by atoms with Gasteiger partial charge in [-0.25, -0.2) is 0 Å². The van der Waals surface area contributed by atoms with Crippen LogP contribution in [0.1, 0.15) is 59.3 Å². The molecule has 3 unspecified atom stereocenters. The van der Waals surface area contributed by atoms with Gasteiger partial charge in [0, 0.05) is 50.2 Å². The van der Waals surface area contributed by atoms with Crippen molar-refractivity contribution in [3.63, 3.8) is 0 Å². The quantitative estimate of drug-likeness (QED) is 0.177. The van der Waals surface area contributed by atoms with Crippen molar-refractivity contribution in [1.82, 2.24) is 16.0 Å². The molecular formula is C21H41IN4O3. The van der Waals surface area contributed by atoms with Crippen molar-refractivity contribution in [1.29, 1.82) is 0 Å². The lowest BCUT2D eigenvalue weighted by atomic mass is 9.85. The highest BCUT2D eigenvalue weighted by Gasteiger charge is 2.28. The van der Waals surface area contributed by atoms with Crippen LogP contribution >= 0.6 is 24.0 Å². The van der Waals surface area contributed by atoms with Crippen molar-refractivity contribution in [2.24, 2.45) is 16.8 Å². The largest absolute Gasteiger partial charge is 0.381 e. The molecule has 2 aliphatic rings. The van der Waals surface area contributed by atoms with E-state index in [0.29, 0.717) is 12.0 Å². The first kappa shape index (κ1) is 26.4. The van der Waals surface area contributed by atoms with Crippen LogP contribution in [-0.2, 0) is 14.3 Å². The van der Waals surface area contributed by atoms with Crippen LogP contribution in [0.4, 0.5) is 0 Å². The molecule has 1 aliphatic heterocycles. The second kappa shape index (κ2) is 15.2. The van der Waals surface area contributed by atoms with E-state index in [1.54, 1.807) is 0 Å². The molecule has 3 atom stereocenters. The molecule has 2 rings (SSSR count). The molecule has 0 aromatic carbocycles.